The van der Waals surface area contributed by atoms with Crippen molar-refractivity contribution in [1.82, 2.24) is 0 Å². The van der Waals surface area contributed by atoms with Crippen molar-refractivity contribution in [1.29, 1.82) is 0 Å². The van der Waals surface area contributed by atoms with Gasteiger partial charge in [-0.25, -0.2) is 0 Å². The standard InChI is InChI=1S/C36H62O4/c1-3-5-7-9-11-13-15-17-18-19-20-22-24-26-28-30-32-39-34-35(33-37)40-36(38)31-29-27-25-23-21-16-14-12-10-8-6-4-2/h5,7,11-14,17-18,20,22,35,37H,3-4,6,8-10,15-16,19,21,23-34H2,1-2H3/b7-5-,13-11-,14-12-,18-17-,22-20-. The summed E-state index contributed by atoms with van der Waals surface area (Å²) in [6.07, 6.45) is 42.5. The van der Waals surface area contributed by atoms with Gasteiger partial charge in [-0.05, 0) is 77.0 Å². The molecule has 0 heterocycles. The number of hydrogen-bond donors (Lipinski definition) is 1. The van der Waals surface area contributed by atoms with Crippen molar-refractivity contribution in [2.45, 2.75) is 142 Å². The normalized spacial score (nSPS) is 13.2. The lowest BCUT2D eigenvalue weighted by atomic mass is 10.1. The van der Waals surface area contributed by atoms with E-state index in [9.17, 15) is 9.90 Å². The van der Waals surface area contributed by atoms with E-state index in [-0.39, 0.29) is 19.2 Å². The molecule has 0 saturated carbocycles. The maximum absolute atomic E-state index is 12.1. The fraction of sp³-hybridized carbons (Fsp3) is 0.694. The molecule has 0 radical (unpaired) electrons. The van der Waals surface area contributed by atoms with E-state index in [0.717, 1.165) is 77.0 Å². The molecule has 4 nitrogen and oxygen atoms in total. The van der Waals surface area contributed by atoms with Crippen LogP contribution in [0.2, 0.25) is 0 Å². The number of carbonyl (C=O) groups is 1. The lowest BCUT2D eigenvalue weighted by molar-refractivity contribution is -0.154. The third-order valence-corrected chi connectivity index (χ3v) is 6.58. The van der Waals surface area contributed by atoms with E-state index >= 15 is 0 Å². The van der Waals surface area contributed by atoms with Crippen LogP contribution in [0.15, 0.2) is 60.8 Å². The number of allylic oxidation sites excluding steroid dienone is 10. The first kappa shape index (κ1) is 38.1. The highest BCUT2D eigenvalue weighted by atomic mass is 16.6. The topological polar surface area (TPSA) is 55.8 Å². The van der Waals surface area contributed by atoms with Crippen LogP contribution >= 0.6 is 0 Å². The number of aliphatic hydroxyl groups is 1. The Morgan fingerprint density at radius 2 is 1.12 bits per heavy atom. The molecule has 0 aliphatic rings. The van der Waals surface area contributed by atoms with Crippen molar-refractivity contribution in [3.05, 3.63) is 60.8 Å². The van der Waals surface area contributed by atoms with Crippen molar-refractivity contribution >= 4 is 5.97 Å². The van der Waals surface area contributed by atoms with Gasteiger partial charge in [-0.15, -0.1) is 0 Å². The Hall–Kier alpha value is -1.91. The molecule has 230 valence electrons. The second kappa shape index (κ2) is 33.3. The van der Waals surface area contributed by atoms with Gasteiger partial charge in [-0.2, -0.15) is 0 Å². The third kappa shape index (κ3) is 30.6. The summed E-state index contributed by atoms with van der Waals surface area (Å²) in [7, 11) is 0. The SMILES string of the molecule is CC/C=C\C/C=C\C/C=C\C/C=C\CCCCCOCC(CO)OC(=O)CCCCCCC/C=C\CCCCC. The molecule has 0 amide bonds. The Labute approximate surface area is 247 Å². The molecule has 0 aliphatic heterocycles. The Morgan fingerprint density at radius 1 is 0.625 bits per heavy atom. The molecule has 4 heteroatoms. The molecule has 1 N–H and O–H groups in total. The second-order valence-corrected chi connectivity index (χ2v) is 10.5. The molecule has 0 fully saturated rings. The van der Waals surface area contributed by atoms with Crippen molar-refractivity contribution in [3.8, 4) is 0 Å². The lowest BCUT2D eigenvalue weighted by Gasteiger charge is -2.15. The molecule has 0 bridgehead atoms. The summed E-state index contributed by atoms with van der Waals surface area (Å²) in [6, 6.07) is 0. The molecule has 0 spiro atoms. The van der Waals surface area contributed by atoms with Crippen LogP contribution in [-0.2, 0) is 14.3 Å². The van der Waals surface area contributed by atoms with Crippen LogP contribution in [0.25, 0.3) is 0 Å². The summed E-state index contributed by atoms with van der Waals surface area (Å²) in [5, 5.41) is 9.51. The van der Waals surface area contributed by atoms with E-state index in [0.29, 0.717) is 13.0 Å². The van der Waals surface area contributed by atoms with Crippen LogP contribution in [-0.4, -0.2) is 37.0 Å². The molecule has 1 unspecified atom stereocenters. The molecular weight excluding hydrogens is 496 g/mol. The van der Waals surface area contributed by atoms with E-state index in [1.54, 1.807) is 0 Å². The van der Waals surface area contributed by atoms with Gasteiger partial charge in [-0.3, -0.25) is 4.79 Å². The fourth-order valence-corrected chi connectivity index (χ4v) is 4.13. The Balaban J connectivity index is 3.57. The Bertz CT molecular complexity index is 674. The monoisotopic (exact) mass is 558 g/mol. The number of ether oxygens (including phenoxy) is 2. The van der Waals surface area contributed by atoms with Gasteiger partial charge < -0.3 is 14.6 Å². The summed E-state index contributed by atoms with van der Waals surface area (Å²) in [4.78, 5) is 12.1. The van der Waals surface area contributed by atoms with Crippen LogP contribution in [0.4, 0.5) is 0 Å². The number of aliphatic hydroxyl groups excluding tert-OH is 1. The van der Waals surface area contributed by atoms with E-state index in [1.165, 1.54) is 38.5 Å². The van der Waals surface area contributed by atoms with Gasteiger partial charge in [0.2, 0.25) is 0 Å². The highest BCUT2D eigenvalue weighted by Crippen LogP contribution is 2.10. The van der Waals surface area contributed by atoms with E-state index in [1.807, 2.05) is 0 Å². The van der Waals surface area contributed by atoms with Crippen LogP contribution in [0.5, 0.6) is 0 Å². The average molecular weight is 559 g/mol. The molecule has 0 aromatic rings. The van der Waals surface area contributed by atoms with Crippen LogP contribution in [0.1, 0.15) is 136 Å². The Kier molecular flexibility index (Phi) is 31.7. The first-order chi connectivity index (χ1) is 19.7. The summed E-state index contributed by atoms with van der Waals surface area (Å²) in [5.41, 5.74) is 0. The molecular formula is C36H62O4. The zero-order valence-electron chi connectivity index (χ0n) is 26.1. The quantitative estimate of drug-likeness (QED) is 0.0564. The number of hydrogen-bond acceptors (Lipinski definition) is 4. The minimum atomic E-state index is -0.555. The molecule has 0 saturated heterocycles. The summed E-state index contributed by atoms with van der Waals surface area (Å²) < 4.78 is 11.0. The molecule has 40 heavy (non-hydrogen) atoms. The van der Waals surface area contributed by atoms with Gasteiger partial charge in [0.25, 0.3) is 0 Å². The van der Waals surface area contributed by atoms with Gasteiger partial charge in [0.15, 0.2) is 0 Å². The van der Waals surface area contributed by atoms with Gasteiger partial charge in [-0.1, -0.05) is 113 Å². The average Bonchev–Trinajstić information content (AvgIpc) is 2.96. The van der Waals surface area contributed by atoms with Crippen molar-refractivity contribution in [2.75, 3.05) is 19.8 Å². The van der Waals surface area contributed by atoms with Crippen molar-refractivity contribution in [2.24, 2.45) is 0 Å². The molecule has 0 aromatic heterocycles. The zero-order chi connectivity index (χ0) is 29.2. The molecule has 0 aliphatic carbocycles. The summed E-state index contributed by atoms with van der Waals surface area (Å²) in [5.74, 6) is -0.226. The predicted molar refractivity (Wildman–Crippen MR) is 173 cm³/mol. The van der Waals surface area contributed by atoms with Gasteiger partial charge in [0, 0.05) is 13.0 Å². The number of esters is 1. The van der Waals surface area contributed by atoms with Gasteiger partial charge >= 0.3 is 5.97 Å². The summed E-state index contributed by atoms with van der Waals surface area (Å²) in [6.45, 7) is 5.10. The van der Waals surface area contributed by atoms with Crippen molar-refractivity contribution in [3.63, 3.8) is 0 Å². The highest BCUT2D eigenvalue weighted by molar-refractivity contribution is 5.69. The number of carbonyl (C=O) groups excluding carboxylic acids is 1. The zero-order valence-corrected chi connectivity index (χ0v) is 26.1. The van der Waals surface area contributed by atoms with E-state index in [2.05, 4.69) is 74.6 Å². The first-order valence-electron chi connectivity index (χ1n) is 16.4. The molecule has 0 aromatic carbocycles. The molecule has 1 atom stereocenters. The highest BCUT2D eigenvalue weighted by Gasteiger charge is 2.13. The minimum Gasteiger partial charge on any atom is -0.457 e. The van der Waals surface area contributed by atoms with Crippen molar-refractivity contribution < 1.29 is 19.4 Å². The lowest BCUT2D eigenvalue weighted by Crippen LogP contribution is -2.27. The largest absolute Gasteiger partial charge is 0.457 e. The summed E-state index contributed by atoms with van der Waals surface area (Å²) >= 11 is 0. The van der Waals surface area contributed by atoms with Crippen LogP contribution in [0, 0.1) is 0 Å². The van der Waals surface area contributed by atoms with Gasteiger partial charge in [0.05, 0.1) is 13.2 Å². The van der Waals surface area contributed by atoms with Gasteiger partial charge in [0.1, 0.15) is 6.10 Å². The van der Waals surface area contributed by atoms with E-state index < -0.39 is 6.10 Å². The maximum Gasteiger partial charge on any atom is 0.306 e. The smallest absolute Gasteiger partial charge is 0.306 e. The number of rotatable bonds is 29. The number of unbranched alkanes of at least 4 members (excludes halogenated alkanes) is 11. The minimum absolute atomic E-state index is 0.191. The predicted octanol–water partition coefficient (Wildman–Crippen LogP) is 10.1. The Morgan fingerprint density at radius 3 is 1.73 bits per heavy atom. The van der Waals surface area contributed by atoms with Crippen LogP contribution < -0.4 is 0 Å². The first-order valence-corrected chi connectivity index (χ1v) is 16.4. The second-order valence-electron chi connectivity index (χ2n) is 10.5. The fourth-order valence-electron chi connectivity index (χ4n) is 4.13. The molecule has 0 rings (SSSR count). The van der Waals surface area contributed by atoms with Crippen LogP contribution in [0.3, 0.4) is 0 Å². The van der Waals surface area contributed by atoms with E-state index in [4.69, 9.17) is 9.47 Å². The maximum atomic E-state index is 12.1. The third-order valence-electron chi connectivity index (χ3n) is 6.58.